The van der Waals surface area contributed by atoms with Crippen molar-refractivity contribution in [2.24, 2.45) is 0 Å². The first-order valence-electron chi connectivity index (χ1n) is 8.99. The van der Waals surface area contributed by atoms with Gasteiger partial charge in [-0.05, 0) is 30.7 Å². The molecular formula is C20H21N5O2S. The van der Waals surface area contributed by atoms with Crippen molar-refractivity contribution in [1.82, 2.24) is 15.0 Å². The first kappa shape index (κ1) is 18.5. The maximum atomic E-state index is 5.41. The zero-order valence-corrected chi connectivity index (χ0v) is 16.6. The SMILES string of the molecule is CCOc1ccc(NCc2ccc3c(c2)N(COC)c2nccnc2S3)cn1. The van der Waals surface area contributed by atoms with E-state index in [1.54, 1.807) is 37.5 Å². The summed E-state index contributed by atoms with van der Waals surface area (Å²) in [4.78, 5) is 16.4. The van der Waals surface area contributed by atoms with Crippen LogP contribution in [0.4, 0.5) is 17.2 Å². The number of methoxy groups -OCH3 is 1. The van der Waals surface area contributed by atoms with E-state index in [4.69, 9.17) is 9.47 Å². The van der Waals surface area contributed by atoms with Crippen LogP contribution in [0.2, 0.25) is 0 Å². The van der Waals surface area contributed by atoms with E-state index in [0.29, 0.717) is 25.8 Å². The van der Waals surface area contributed by atoms with Gasteiger partial charge in [0.2, 0.25) is 5.88 Å². The van der Waals surface area contributed by atoms with Gasteiger partial charge in [-0.2, -0.15) is 0 Å². The lowest BCUT2D eigenvalue weighted by Crippen LogP contribution is -2.24. The summed E-state index contributed by atoms with van der Waals surface area (Å²) in [5.74, 6) is 1.46. The molecule has 1 N–H and O–H groups in total. The smallest absolute Gasteiger partial charge is 0.213 e. The number of anilines is 3. The molecule has 0 saturated carbocycles. The summed E-state index contributed by atoms with van der Waals surface area (Å²) in [6, 6.07) is 10.2. The predicted octanol–water partition coefficient (Wildman–Crippen LogP) is 4.09. The third-order valence-corrected chi connectivity index (χ3v) is 5.25. The number of hydrogen-bond donors (Lipinski definition) is 1. The Balaban J connectivity index is 1.53. The molecule has 3 aromatic rings. The third-order valence-electron chi connectivity index (χ3n) is 4.21. The van der Waals surface area contributed by atoms with Crippen molar-refractivity contribution in [3.8, 4) is 5.88 Å². The van der Waals surface area contributed by atoms with Gasteiger partial charge in [-0.3, -0.25) is 4.90 Å². The number of aromatic nitrogens is 3. The maximum Gasteiger partial charge on any atom is 0.213 e. The van der Waals surface area contributed by atoms with Crippen molar-refractivity contribution in [2.45, 2.75) is 23.4 Å². The fraction of sp³-hybridized carbons (Fsp3) is 0.250. The standard InChI is InChI=1S/C20H21N5O2S/c1-3-27-18-7-5-15(12-24-18)23-11-14-4-6-17-16(10-14)25(13-26-2)19-20(28-17)22-9-8-21-19/h4-10,12,23H,3,11,13H2,1-2H3. The minimum Gasteiger partial charge on any atom is -0.478 e. The average Bonchev–Trinajstić information content (AvgIpc) is 2.73. The molecule has 0 saturated heterocycles. The van der Waals surface area contributed by atoms with E-state index in [0.717, 1.165) is 32.7 Å². The fourth-order valence-corrected chi connectivity index (χ4v) is 3.93. The van der Waals surface area contributed by atoms with Gasteiger partial charge in [0.25, 0.3) is 0 Å². The monoisotopic (exact) mass is 395 g/mol. The number of fused-ring (bicyclic) bond motifs is 2. The van der Waals surface area contributed by atoms with Gasteiger partial charge in [-0.15, -0.1) is 0 Å². The molecule has 0 fully saturated rings. The molecule has 0 spiro atoms. The Kier molecular flexibility index (Phi) is 5.59. The Labute approximate surface area is 168 Å². The number of hydrogen-bond acceptors (Lipinski definition) is 8. The van der Waals surface area contributed by atoms with Crippen LogP contribution in [0.15, 0.2) is 58.8 Å². The Morgan fingerprint density at radius 1 is 1.11 bits per heavy atom. The van der Waals surface area contributed by atoms with Crippen LogP contribution in [-0.4, -0.2) is 35.4 Å². The molecule has 0 bridgehead atoms. The first-order chi connectivity index (χ1) is 13.8. The summed E-state index contributed by atoms with van der Waals surface area (Å²) in [5.41, 5.74) is 3.17. The molecule has 2 aromatic heterocycles. The van der Waals surface area contributed by atoms with Gasteiger partial charge in [0.05, 0.1) is 24.2 Å². The van der Waals surface area contributed by atoms with E-state index in [1.807, 2.05) is 19.1 Å². The van der Waals surface area contributed by atoms with E-state index < -0.39 is 0 Å². The largest absolute Gasteiger partial charge is 0.478 e. The van der Waals surface area contributed by atoms with Crippen molar-refractivity contribution in [2.75, 3.05) is 30.7 Å². The zero-order valence-electron chi connectivity index (χ0n) is 15.8. The Hall–Kier alpha value is -2.84. The summed E-state index contributed by atoms with van der Waals surface area (Å²) in [5, 5.41) is 4.29. The highest BCUT2D eigenvalue weighted by molar-refractivity contribution is 7.99. The molecule has 0 atom stereocenters. The summed E-state index contributed by atoms with van der Waals surface area (Å²) in [7, 11) is 1.68. The molecular weight excluding hydrogens is 374 g/mol. The Morgan fingerprint density at radius 2 is 2.00 bits per heavy atom. The molecule has 0 radical (unpaired) electrons. The van der Waals surface area contributed by atoms with Gasteiger partial charge in [-0.25, -0.2) is 15.0 Å². The lowest BCUT2D eigenvalue weighted by molar-refractivity contribution is 0.204. The molecule has 28 heavy (non-hydrogen) atoms. The van der Waals surface area contributed by atoms with E-state index in [1.165, 1.54) is 0 Å². The lowest BCUT2D eigenvalue weighted by Gasteiger charge is -2.30. The van der Waals surface area contributed by atoms with Gasteiger partial charge >= 0.3 is 0 Å². The van der Waals surface area contributed by atoms with Crippen LogP contribution in [0.5, 0.6) is 5.88 Å². The summed E-state index contributed by atoms with van der Waals surface area (Å²) in [6.45, 7) is 3.65. The van der Waals surface area contributed by atoms with Crippen LogP contribution in [0.3, 0.4) is 0 Å². The minimum absolute atomic E-state index is 0.416. The van der Waals surface area contributed by atoms with Gasteiger partial charge in [-0.1, -0.05) is 17.8 Å². The number of rotatable bonds is 7. The number of benzene rings is 1. The fourth-order valence-electron chi connectivity index (χ4n) is 2.95. The van der Waals surface area contributed by atoms with Gasteiger partial charge in [0, 0.05) is 37.0 Å². The van der Waals surface area contributed by atoms with Crippen LogP contribution in [0.25, 0.3) is 0 Å². The maximum absolute atomic E-state index is 5.41. The van der Waals surface area contributed by atoms with Crippen LogP contribution in [0, 0.1) is 0 Å². The second kappa shape index (κ2) is 8.45. The molecule has 0 unspecified atom stereocenters. The Bertz CT molecular complexity index is 952. The molecule has 1 aromatic carbocycles. The quantitative estimate of drug-likeness (QED) is 0.641. The van der Waals surface area contributed by atoms with Crippen molar-refractivity contribution in [3.05, 3.63) is 54.5 Å². The molecule has 8 heteroatoms. The normalized spacial score (nSPS) is 12.3. The van der Waals surface area contributed by atoms with Gasteiger partial charge < -0.3 is 14.8 Å². The number of pyridine rings is 1. The lowest BCUT2D eigenvalue weighted by atomic mass is 10.1. The van der Waals surface area contributed by atoms with Crippen molar-refractivity contribution < 1.29 is 9.47 Å². The minimum atomic E-state index is 0.416. The summed E-state index contributed by atoms with van der Waals surface area (Å²) in [6.07, 6.45) is 5.20. The topological polar surface area (TPSA) is 72.4 Å². The Morgan fingerprint density at radius 3 is 2.79 bits per heavy atom. The number of nitrogens with zero attached hydrogens (tertiary/aromatic N) is 4. The summed E-state index contributed by atoms with van der Waals surface area (Å²) < 4.78 is 10.8. The number of ether oxygens (including phenoxy) is 2. The highest BCUT2D eigenvalue weighted by Crippen LogP contribution is 2.46. The molecule has 0 amide bonds. The van der Waals surface area contributed by atoms with Crippen molar-refractivity contribution >= 4 is 29.0 Å². The molecule has 4 rings (SSSR count). The van der Waals surface area contributed by atoms with E-state index >= 15 is 0 Å². The van der Waals surface area contributed by atoms with Gasteiger partial charge in [0.1, 0.15) is 11.8 Å². The second-order valence-electron chi connectivity index (χ2n) is 6.11. The molecule has 144 valence electrons. The van der Waals surface area contributed by atoms with Crippen LogP contribution >= 0.6 is 11.8 Å². The molecule has 1 aliphatic heterocycles. The summed E-state index contributed by atoms with van der Waals surface area (Å²) >= 11 is 1.63. The van der Waals surface area contributed by atoms with Crippen LogP contribution in [-0.2, 0) is 11.3 Å². The predicted molar refractivity (Wildman–Crippen MR) is 109 cm³/mol. The highest BCUT2D eigenvalue weighted by Gasteiger charge is 2.25. The van der Waals surface area contributed by atoms with Crippen LogP contribution in [0.1, 0.15) is 12.5 Å². The van der Waals surface area contributed by atoms with Crippen molar-refractivity contribution in [1.29, 1.82) is 0 Å². The van der Waals surface area contributed by atoms with E-state index in [2.05, 4.69) is 43.4 Å². The average molecular weight is 395 g/mol. The molecule has 0 aliphatic carbocycles. The van der Waals surface area contributed by atoms with Crippen molar-refractivity contribution in [3.63, 3.8) is 0 Å². The molecule has 1 aliphatic rings. The van der Waals surface area contributed by atoms with Gasteiger partial charge in [0.15, 0.2) is 5.82 Å². The molecule has 7 nitrogen and oxygen atoms in total. The van der Waals surface area contributed by atoms with Crippen LogP contribution < -0.4 is 15.0 Å². The zero-order chi connectivity index (χ0) is 19.3. The molecule has 3 heterocycles. The second-order valence-corrected chi connectivity index (χ2v) is 7.14. The van der Waals surface area contributed by atoms with E-state index in [-0.39, 0.29) is 0 Å². The first-order valence-corrected chi connectivity index (χ1v) is 9.81. The van der Waals surface area contributed by atoms with E-state index in [9.17, 15) is 0 Å². The highest BCUT2D eigenvalue weighted by atomic mass is 32.2. The third kappa shape index (κ3) is 3.88. The number of nitrogens with one attached hydrogen (secondary N) is 1.